The maximum atomic E-state index is 10.7. The first kappa shape index (κ1) is 14.1. The number of carbonyl (C=O) groups excluding carboxylic acids is 2. The van der Waals surface area contributed by atoms with Crippen LogP contribution >= 0.6 is 0 Å². The number of carbonyl (C=O) groups is 2. The van der Waals surface area contributed by atoms with Crippen LogP contribution in [0.1, 0.15) is 28.9 Å². The molecule has 6 heteroatoms. The maximum Gasteiger partial charge on any atom is 0.216 e. The molecule has 0 spiro atoms. The largest absolute Gasteiger partial charge is 0.507 e. The average Bonchev–Trinajstić information content (AvgIpc) is 2.35. The zero-order valence-corrected chi connectivity index (χ0v) is 9.83. The fourth-order valence-corrected chi connectivity index (χ4v) is 1.43. The molecule has 0 aliphatic rings. The van der Waals surface area contributed by atoms with Crippen LogP contribution in [0.15, 0.2) is 18.2 Å². The summed E-state index contributed by atoms with van der Waals surface area (Å²) >= 11 is 0. The van der Waals surface area contributed by atoms with Crippen LogP contribution < -0.4 is 5.32 Å². The van der Waals surface area contributed by atoms with E-state index in [4.69, 9.17) is 0 Å². The van der Waals surface area contributed by atoms with Crippen molar-refractivity contribution < 1.29 is 24.9 Å². The molecule has 0 radical (unpaired) electrons. The number of aliphatic hydroxyl groups excluding tert-OH is 2. The number of rotatable bonds is 5. The molecule has 0 aliphatic heterocycles. The molecule has 1 aromatic carbocycles. The number of phenolic OH excluding ortho intramolecular Hbond substituents is 1. The van der Waals surface area contributed by atoms with E-state index < -0.39 is 12.2 Å². The second-order valence-electron chi connectivity index (χ2n) is 3.89. The van der Waals surface area contributed by atoms with E-state index in [-0.39, 0.29) is 29.3 Å². The fraction of sp³-hybridized carbons (Fsp3) is 0.333. The van der Waals surface area contributed by atoms with E-state index in [1.54, 1.807) is 0 Å². The van der Waals surface area contributed by atoms with Crippen LogP contribution in [0.2, 0.25) is 0 Å². The standard InChI is InChI=1S/C12H15NO5/c1-7(15)13-5-11(17)12(18)8-2-3-10(16)9(4-8)6-14/h2-4,6,11-12,16-18H,5H2,1H3,(H,13,15). The third-order valence-electron chi connectivity index (χ3n) is 2.44. The molecule has 1 aromatic rings. The van der Waals surface area contributed by atoms with Crippen molar-refractivity contribution in [3.05, 3.63) is 29.3 Å². The van der Waals surface area contributed by atoms with Crippen molar-refractivity contribution in [3.8, 4) is 5.75 Å². The quantitative estimate of drug-likeness (QED) is 0.541. The smallest absolute Gasteiger partial charge is 0.216 e. The molecule has 0 saturated heterocycles. The molecule has 1 amide bonds. The lowest BCUT2D eigenvalue weighted by atomic mass is 10.0. The van der Waals surface area contributed by atoms with Crippen molar-refractivity contribution in [2.45, 2.75) is 19.1 Å². The summed E-state index contributed by atoms with van der Waals surface area (Å²) in [6.07, 6.45) is -2.00. The Hall–Kier alpha value is -1.92. The second kappa shape index (κ2) is 6.13. The van der Waals surface area contributed by atoms with Gasteiger partial charge in [0.25, 0.3) is 0 Å². The number of nitrogens with one attached hydrogen (secondary N) is 1. The molecule has 4 N–H and O–H groups in total. The van der Waals surface area contributed by atoms with Crippen LogP contribution in [-0.2, 0) is 4.79 Å². The Bertz CT molecular complexity index is 446. The molecule has 0 fully saturated rings. The van der Waals surface area contributed by atoms with Crippen LogP contribution in [-0.4, -0.2) is 40.2 Å². The molecule has 2 atom stereocenters. The highest BCUT2D eigenvalue weighted by Crippen LogP contribution is 2.22. The predicted molar refractivity (Wildman–Crippen MR) is 63.1 cm³/mol. The van der Waals surface area contributed by atoms with Crippen molar-refractivity contribution in [2.24, 2.45) is 0 Å². The molecular weight excluding hydrogens is 238 g/mol. The minimum absolute atomic E-state index is 0.0262. The SMILES string of the molecule is CC(=O)NCC(O)C(O)c1ccc(O)c(C=O)c1. The van der Waals surface area contributed by atoms with Gasteiger partial charge in [-0.25, -0.2) is 0 Å². The van der Waals surface area contributed by atoms with E-state index in [9.17, 15) is 24.9 Å². The first-order valence-corrected chi connectivity index (χ1v) is 5.34. The number of phenols is 1. The zero-order valence-electron chi connectivity index (χ0n) is 9.83. The summed E-state index contributed by atoms with van der Waals surface area (Å²) < 4.78 is 0. The molecular formula is C12H15NO5. The van der Waals surface area contributed by atoms with Gasteiger partial charge in [-0.1, -0.05) is 6.07 Å². The lowest BCUT2D eigenvalue weighted by molar-refractivity contribution is -0.119. The summed E-state index contributed by atoms with van der Waals surface area (Å²) in [6.45, 7) is 1.19. The third kappa shape index (κ3) is 3.54. The highest BCUT2D eigenvalue weighted by Gasteiger charge is 2.19. The highest BCUT2D eigenvalue weighted by molar-refractivity contribution is 5.79. The van der Waals surface area contributed by atoms with E-state index >= 15 is 0 Å². The van der Waals surface area contributed by atoms with Gasteiger partial charge < -0.3 is 20.6 Å². The predicted octanol–water partition coefficient (Wildman–Crippen LogP) is -0.265. The Labute approximate surface area is 104 Å². The summed E-state index contributed by atoms with van der Waals surface area (Å²) in [6, 6.07) is 3.93. The topological polar surface area (TPSA) is 107 Å². The minimum atomic E-state index is -1.25. The van der Waals surface area contributed by atoms with Crippen molar-refractivity contribution in [1.82, 2.24) is 5.32 Å². The maximum absolute atomic E-state index is 10.7. The minimum Gasteiger partial charge on any atom is -0.507 e. The molecule has 1 rings (SSSR count). The van der Waals surface area contributed by atoms with Gasteiger partial charge in [0.2, 0.25) is 5.91 Å². The summed E-state index contributed by atoms with van der Waals surface area (Å²) in [5.74, 6) is -0.516. The van der Waals surface area contributed by atoms with Gasteiger partial charge in [0, 0.05) is 13.5 Å². The number of aliphatic hydroxyl groups is 2. The van der Waals surface area contributed by atoms with Gasteiger partial charge in [-0.15, -0.1) is 0 Å². The molecule has 0 aromatic heterocycles. The van der Waals surface area contributed by atoms with E-state index in [1.807, 2.05) is 0 Å². The van der Waals surface area contributed by atoms with Gasteiger partial charge in [0.15, 0.2) is 6.29 Å². The molecule has 0 bridgehead atoms. The number of hydrogen-bond acceptors (Lipinski definition) is 5. The van der Waals surface area contributed by atoms with E-state index in [1.165, 1.54) is 25.1 Å². The van der Waals surface area contributed by atoms with Crippen LogP contribution in [0.4, 0.5) is 0 Å². The van der Waals surface area contributed by atoms with Crippen molar-refractivity contribution >= 4 is 12.2 Å². The van der Waals surface area contributed by atoms with Crippen molar-refractivity contribution in [2.75, 3.05) is 6.54 Å². The Morgan fingerprint density at radius 3 is 2.67 bits per heavy atom. The van der Waals surface area contributed by atoms with Crippen LogP contribution in [0.3, 0.4) is 0 Å². The highest BCUT2D eigenvalue weighted by atomic mass is 16.3. The number of hydrogen-bond donors (Lipinski definition) is 4. The van der Waals surface area contributed by atoms with Gasteiger partial charge in [-0.3, -0.25) is 9.59 Å². The molecule has 0 saturated carbocycles. The normalized spacial score (nSPS) is 13.7. The Kier molecular flexibility index (Phi) is 4.82. The summed E-state index contributed by atoms with van der Waals surface area (Å²) in [4.78, 5) is 21.3. The van der Waals surface area contributed by atoms with E-state index in [0.717, 1.165) is 0 Å². The Morgan fingerprint density at radius 1 is 1.44 bits per heavy atom. The van der Waals surface area contributed by atoms with Gasteiger partial charge in [0.1, 0.15) is 18.0 Å². The summed E-state index contributed by atoms with van der Waals surface area (Å²) in [5, 5.41) is 31.1. The summed E-state index contributed by atoms with van der Waals surface area (Å²) in [7, 11) is 0. The first-order chi connectivity index (χ1) is 8.45. The monoisotopic (exact) mass is 253 g/mol. The van der Waals surface area contributed by atoms with Crippen LogP contribution in [0, 0.1) is 0 Å². The van der Waals surface area contributed by atoms with Crippen LogP contribution in [0.5, 0.6) is 5.75 Å². The van der Waals surface area contributed by atoms with E-state index in [2.05, 4.69) is 5.32 Å². The van der Waals surface area contributed by atoms with Crippen molar-refractivity contribution in [1.29, 1.82) is 0 Å². The summed E-state index contributed by atoms with van der Waals surface area (Å²) in [5.41, 5.74) is 0.311. The first-order valence-electron chi connectivity index (χ1n) is 5.34. The second-order valence-corrected chi connectivity index (χ2v) is 3.89. The molecule has 0 aliphatic carbocycles. The Morgan fingerprint density at radius 2 is 2.11 bits per heavy atom. The molecule has 0 heterocycles. The molecule has 2 unspecified atom stereocenters. The van der Waals surface area contributed by atoms with Gasteiger partial charge in [-0.2, -0.15) is 0 Å². The number of amides is 1. The Balaban J connectivity index is 2.79. The van der Waals surface area contributed by atoms with Gasteiger partial charge in [0.05, 0.1) is 5.56 Å². The molecule has 98 valence electrons. The number of benzene rings is 1. The number of aromatic hydroxyl groups is 1. The van der Waals surface area contributed by atoms with Crippen LogP contribution in [0.25, 0.3) is 0 Å². The fourth-order valence-electron chi connectivity index (χ4n) is 1.43. The lowest BCUT2D eigenvalue weighted by Gasteiger charge is -2.18. The number of aldehydes is 1. The van der Waals surface area contributed by atoms with Gasteiger partial charge in [-0.05, 0) is 17.7 Å². The van der Waals surface area contributed by atoms with Gasteiger partial charge >= 0.3 is 0 Å². The average molecular weight is 253 g/mol. The zero-order chi connectivity index (χ0) is 13.7. The lowest BCUT2D eigenvalue weighted by Crippen LogP contribution is -2.34. The third-order valence-corrected chi connectivity index (χ3v) is 2.44. The van der Waals surface area contributed by atoms with E-state index in [0.29, 0.717) is 6.29 Å². The molecule has 6 nitrogen and oxygen atoms in total. The molecule has 18 heavy (non-hydrogen) atoms. The van der Waals surface area contributed by atoms with Crippen molar-refractivity contribution in [3.63, 3.8) is 0 Å².